The molecule has 33 heavy (non-hydrogen) atoms. The summed E-state index contributed by atoms with van der Waals surface area (Å²) in [7, 11) is 0. The molecule has 1 aromatic carbocycles. The van der Waals surface area contributed by atoms with E-state index in [9.17, 15) is 9.18 Å². The Bertz CT molecular complexity index is 1220. The molecule has 1 fully saturated rings. The number of carbonyl (C=O) groups excluding carboxylic acids is 1. The van der Waals surface area contributed by atoms with Gasteiger partial charge in [-0.05, 0) is 68.3 Å². The molecule has 1 saturated carbocycles. The lowest BCUT2D eigenvalue weighted by molar-refractivity contribution is 0.0912. The van der Waals surface area contributed by atoms with Crippen LogP contribution in [0.1, 0.15) is 55.0 Å². The molecule has 6 nitrogen and oxygen atoms in total. The fourth-order valence-electron chi connectivity index (χ4n) is 4.55. The van der Waals surface area contributed by atoms with E-state index in [0.717, 1.165) is 35.6 Å². The van der Waals surface area contributed by atoms with Gasteiger partial charge in [0.05, 0.1) is 18.3 Å². The SMILES string of the molecule is C[C@H](Cc1ccco1)NC(=O)c1ccc(-c2c(-c3ccc(F)cc3)ncn2C2CCCC2)o1. The molecule has 4 aromatic rings. The van der Waals surface area contributed by atoms with E-state index in [2.05, 4.69) is 14.9 Å². The van der Waals surface area contributed by atoms with Crippen molar-refractivity contribution in [2.75, 3.05) is 0 Å². The Hall–Kier alpha value is -3.61. The van der Waals surface area contributed by atoms with Crippen LogP contribution in [0.25, 0.3) is 22.7 Å². The van der Waals surface area contributed by atoms with E-state index in [4.69, 9.17) is 8.83 Å². The molecule has 1 aliphatic rings. The highest BCUT2D eigenvalue weighted by Crippen LogP contribution is 2.39. The lowest BCUT2D eigenvalue weighted by Crippen LogP contribution is -2.33. The van der Waals surface area contributed by atoms with E-state index in [-0.39, 0.29) is 23.5 Å². The Labute approximate surface area is 191 Å². The van der Waals surface area contributed by atoms with E-state index in [1.807, 2.05) is 31.5 Å². The number of nitrogens with zero attached hydrogens (tertiary/aromatic N) is 2. The van der Waals surface area contributed by atoms with Gasteiger partial charge in [-0.15, -0.1) is 0 Å². The first-order valence-electron chi connectivity index (χ1n) is 11.3. The number of imidazole rings is 1. The maximum absolute atomic E-state index is 13.5. The van der Waals surface area contributed by atoms with E-state index in [1.165, 1.54) is 25.0 Å². The molecule has 1 atom stereocenters. The summed E-state index contributed by atoms with van der Waals surface area (Å²) < 4.78 is 27.0. The number of carbonyl (C=O) groups is 1. The van der Waals surface area contributed by atoms with Crippen LogP contribution in [-0.4, -0.2) is 21.5 Å². The fraction of sp³-hybridized carbons (Fsp3) is 0.308. The van der Waals surface area contributed by atoms with Gasteiger partial charge < -0.3 is 18.7 Å². The summed E-state index contributed by atoms with van der Waals surface area (Å²) >= 11 is 0. The van der Waals surface area contributed by atoms with Crippen LogP contribution in [0, 0.1) is 5.82 Å². The summed E-state index contributed by atoms with van der Waals surface area (Å²) in [4.78, 5) is 17.5. The van der Waals surface area contributed by atoms with Gasteiger partial charge in [-0.2, -0.15) is 0 Å². The lowest BCUT2D eigenvalue weighted by Gasteiger charge is -2.15. The molecule has 0 saturated heterocycles. The summed E-state index contributed by atoms with van der Waals surface area (Å²) in [5.74, 6) is 1.04. The monoisotopic (exact) mass is 447 g/mol. The van der Waals surface area contributed by atoms with Crippen molar-refractivity contribution in [2.24, 2.45) is 0 Å². The number of furan rings is 2. The van der Waals surface area contributed by atoms with Gasteiger partial charge in [-0.3, -0.25) is 4.79 Å². The average Bonchev–Trinajstić information content (AvgIpc) is 3.60. The number of hydrogen-bond acceptors (Lipinski definition) is 4. The Morgan fingerprint density at radius 2 is 1.97 bits per heavy atom. The van der Waals surface area contributed by atoms with Crippen LogP contribution in [0.3, 0.4) is 0 Å². The van der Waals surface area contributed by atoms with E-state index in [0.29, 0.717) is 18.2 Å². The number of rotatable bonds is 7. The predicted octanol–water partition coefficient (Wildman–Crippen LogP) is 6.02. The number of aromatic nitrogens is 2. The smallest absolute Gasteiger partial charge is 0.287 e. The van der Waals surface area contributed by atoms with Crippen molar-refractivity contribution in [1.29, 1.82) is 0 Å². The van der Waals surface area contributed by atoms with Crippen molar-refractivity contribution in [2.45, 2.75) is 51.1 Å². The molecule has 0 bridgehead atoms. The Morgan fingerprint density at radius 3 is 2.70 bits per heavy atom. The average molecular weight is 448 g/mol. The largest absolute Gasteiger partial charge is 0.469 e. The van der Waals surface area contributed by atoms with Crippen molar-refractivity contribution >= 4 is 5.91 Å². The van der Waals surface area contributed by atoms with Crippen LogP contribution in [0.5, 0.6) is 0 Å². The van der Waals surface area contributed by atoms with Crippen molar-refractivity contribution in [3.05, 3.63) is 78.5 Å². The second kappa shape index (κ2) is 9.10. The van der Waals surface area contributed by atoms with E-state index < -0.39 is 0 Å². The van der Waals surface area contributed by atoms with Crippen molar-refractivity contribution in [1.82, 2.24) is 14.9 Å². The fourth-order valence-corrected chi connectivity index (χ4v) is 4.55. The first-order valence-corrected chi connectivity index (χ1v) is 11.3. The minimum absolute atomic E-state index is 0.115. The van der Waals surface area contributed by atoms with Crippen LogP contribution in [0.4, 0.5) is 4.39 Å². The summed E-state index contributed by atoms with van der Waals surface area (Å²) in [6, 6.07) is 13.7. The zero-order valence-corrected chi connectivity index (χ0v) is 18.5. The quantitative estimate of drug-likeness (QED) is 0.376. The zero-order chi connectivity index (χ0) is 22.8. The third kappa shape index (κ3) is 4.49. The van der Waals surface area contributed by atoms with Gasteiger partial charge in [0.15, 0.2) is 11.5 Å². The third-order valence-electron chi connectivity index (χ3n) is 6.16. The topological polar surface area (TPSA) is 73.2 Å². The summed E-state index contributed by atoms with van der Waals surface area (Å²) in [5, 5.41) is 2.96. The van der Waals surface area contributed by atoms with Gasteiger partial charge in [0.25, 0.3) is 5.91 Å². The van der Waals surface area contributed by atoms with Crippen LogP contribution in [-0.2, 0) is 6.42 Å². The Kier molecular flexibility index (Phi) is 5.86. The first kappa shape index (κ1) is 21.2. The Morgan fingerprint density at radius 1 is 1.18 bits per heavy atom. The van der Waals surface area contributed by atoms with Crippen molar-refractivity contribution < 1.29 is 18.0 Å². The van der Waals surface area contributed by atoms with Crippen LogP contribution in [0.15, 0.2) is 70.0 Å². The Balaban J connectivity index is 1.43. The maximum atomic E-state index is 13.5. The molecule has 0 aliphatic heterocycles. The number of nitrogens with one attached hydrogen (secondary N) is 1. The van der Waals surface area contributed by atoms with Gasteiger partial charge in [0.1, 0.15) is 17.3 Å². The molecule has 7 heteroatoms. The van der Waals surface area contributed by atoms with Crippen LogP contribution >= 0.6 is 0 Å². The lowest BCUT2D eigenvalue weighted by atomic mass is 10.1. The number of amides is 1. The highest BCUT2D eigenvalue weighted by atomic mass is 19.1. The highest BCUT2D eigenvalue weighted by Gasteiger charge is 2.26. The molecule has 1 aliphatic carbocycles. The molecule has 1 amide bonds. The molecule has 3 heterocycles. The van der Waals surface area contributed by atoms with Crippen LogP contribution in [0.2, 0.25) is 0 Å². The highest BCUT2D eigenvalue weighted by molar-refractivity contribution is 5.92. The summed E-state index contributed by atoms with van der Waals surface area (Å²) in [6.45, 7) is 1.92. The molecule has 3 aromatic heterocycles. The summed E-state index contributed by atoms with van der Waals surface area (Å²) in [5.41, 5.74) is 2.34. The summed E-state index contributed by atoms with van der Waals surface area (Å²) in [6.07, 6.45) is 8.54. The van der Waals surface area contributed by atoms with Gasteiger partial charge in [0.2, 0.25) is 0 Å². The second-order valence-corrected chi connectivity index (χ2v) is 8.62. The van der Waals surface area contributed by atoms with Crippen LogP contribution < -0.4 is 5.32 Å². The number of hydrogen-bond donors (Lipinski definition) is 1. The van der Waals surface area contributed by atoms with Gasteiger partial charge in [-0.1, -0.05) is 12.8 Å². The molecule has 0 unspecified atom stereocenters. The molecule has 0 spiro atoms. The third-order valence-corrected chi connectivity index (χ3v) is 6.16. The van der Waals surface area contributed by atoms with Gasteiger partial charge in [0, 0.05) is 24.1 Å². The molecule has 0 radical (unpaired) electrons. The minimum atomic E-state index is -0.295. The first-order chi connectivity index (χ1) is 16.1. The van der Waals surface area contributed by atoms with Gasteiger partial charge >= 0.3 is 0 Å². The zero-order valence-electron chi connectivity index (χ0n) is 18.5. The van der Waals surface area contributed by atoms with Gasteiger partial charge in [-0.25, -0.2) is 9.37 Å². The second-order valence-electron chi connectivity index (χ2n) is 8.62. The molecular formula is C26H26FN3O3. The molecule has 170 valence electrons. The van der Waals surface area contributed by atoms with E-state index >= 15 is 0 Å². The normalized spacial score (nSPS) is 15.1. The predicted molar refractivity (Wildman–Crippen MR) is 122 cm³/mol. The van der Waals surface area contributed by atoms with Crippen molar-refractivity contribution in [3.63, 3.8) is 0 Å². The minimum Gasteiger partial charge on any atom is -0.469 e. The maximum Gasteiger partial charge on any atom is 0.287 e. The molecular weight excluding hydrogens is 421 g/mol. The van der Waals surface area contributed by atoms with E-state index in [1.54, 1.807) is 24.5 Å². The standard InChI is InChI=1S/C26H26FN3O3/c1-17(15-21-7-4-14-32-21)29-26(31)23-13-12-22(33-23)25-24(18-8-10-19(27)11-9-18)28-16-30(25)20-5-2-3-6-20/h4,7-14,16-17,20H,2-3,5-6,15H2,1H3,(H,29,31)/t17-/m1/s1. The number of benzene rings is 1. The number of halogens is 1. The van der Waals surface area contributed by atoms with Crippen molar-refractivity contribution in [3.8, 4) is 22.7 Å². The molecule has 1 N–H and O–H groups in total. The molecule has 5 rings (SSSR count).